The van der Waals surface area contributed by atoms with Crippen LogP contribution in [0.5, 0.6) is 5.75 Å². The molecule has 3 rings (SSSR count). The number of fused-ring (bicyclic) bond motifs is 1. The fourth-order valence-electron chi connectivity index (χ4n) is 2.03. The van der Waals surface area contributed by atoms with Gasteiger partial charge in [-0.2, -0.15) is 0 Å². The Kier molecular flexibility index (Phi) is 2.83. The van der Waals surface area contributed by atoms with Crippen molar-refractivity contribution in [1.29, 1.82) is 0 Å². The minimum absolute atomic E-state index is 0.163. The standard InChI is InChI=1S/C14H10FNO2S/c1-18-12-4-5-19-14(12)13(17)10-7-16-11-3-2-8(15)6-9(10)11/h2-7,16H,1H3. The van der Waals surface area contributed by atoms with Crippen molar-refractivity contribution in [3.05, 3.63) is 52.1 Å². The number of carbonyl (C=O) groups excluding carboxylic acids is 1. The van der Waals surface area contributed by atoms with Crippen molar-refractivity contribution >= 4 is 28.0 Å². The van der Waals surface area contributed by atoms with E-state index in [1.54, 1.807) is 23.7 Å². The zero-order chi connectivity index (χ0) is 13.4. The largest absolute Gasteiger partial charge is 0.495 e. The molecule has 96 valence electrons. The van der Waals surface area contributed by atoms with Crippen molar-refractivity contribution in [3.63, 3.8) is 0 Å². The van der Waals surface area contributed by atoms with Crippen molar-refractivity contribution < 1.29 is 13.9 Å². The predicted octanol–water partition coefficient (Wildman–Crippen LogP) is 3.61. The summed E-state index contributed by atoms with van der Waals surface area (Å²) < 4.78 is 18.4. The lowest BCUT2D eigenvalue weighted by Crippen LogP contribution is -1.99. The minimum Gasteiger partial charge on any atom is -0.495 e. The van der Waals surface area contributed by atoms with Crippen molar-refractivity contribution in [1.82, 2.24) is 4.98 Å². The predicted molar refractivity (Wildman–Crippen MR) is 72.6 cm³/mol. The molecule has 0 aliphatic heterocycles. The van der Waals surface area contributed by atoms with Crippen LogP contribution in [0, 0.1) is 5.82 Å². The molecular weight excluding hydrogens is 265 g/mol. The second-order valence-corrected chi connectivity index (χ2v) is 4.96. The Morgan fingerprint density at radius 1 is 1.37 bits per heavy atom. The number of thiophene rings is 1. The van der Waals surface area contributed by atoms with Gasteiger partial charge in [-0.3, -0.25) is 4.79 Å². The summed E-state index contributed by atoms with van der Waals surface area (Å²) in [5.41, 5.74) is 1.19. The molecule has 0 unspecified atom stereocenters. The van der Waals surface area contributed by atoms with E-state index in [2.05, 4.69) is 4.98 Å². The second-order valence-electron chi connectivity index (χ2n) is 4.04. The average molecular weight is 275 g/mol. The molecule has 0 radical (unpaired) electrons. The molecule has 0 amide bonds. The molecule has 0 aliphatic carbocycles. The van der Waals surface area contributed by atoms with Crippen molar-refractivity contribution in [2.45, 2.75) is 0 Å². The third kappa shape index (κ3) is 1.92. The highest BCUT2D eigenvalue weighted by Gasteiger charge is 2.19. The Morgan fingerprint density at radius 3 is 3.00 bits per heavy atom. The Balaban J connectivity index is 2.14. The monoisotopic (exact) mass is 275 g/mol. The van der Waals surface area contributed by atoms with Gasteiger partial charge in [-0.25, -0.2) is 4.39 Å². The number of carbonyl (C=O) groups is 1. The molecule has 1 N–H and O–H groups in total. The first-order valence-corrected chi connectivity index (χ1v) is 6.51. The highest BCUT2D eigenvalue weighted by atomic mass is 32.1. The van der Waals surface area contributed by atoms with Crippen molar-refractivity contribution in [2.75, 3.05) is 7.11 Å². The fraction of sp³-hybridized carbons (Fsp3) is 0.0714. The Hall–Kier alpha value is -2.14. The average Bonchev–Trinajstić information content (AvgIpc) is 3.03. The molecule has 2 aromatic heterocycles. The van der Waals surface area contributed by atoms with E-state index in [0.717, 1.165) is 5.52 Å². The first-order valence-electron chi connectivity index (χ1n) is 5.63. The van der Waals surface area contributed by atoms with Crippen LogP contribution in [0.2, 0.25) is 0 Å². The summed E-state index contributed by atoms with van der Waals surface area (Å²) >= 11 is 1.31. The Morgan fingerprint density at radius 2 is 2.21 bits per heavy atom. The van der Waals surface area contributed by atoms with Gasteiger partial charge in [0.25, 0.3) is 0 Å². The van der Waals surface area contributed by atoms with Crippen LogP contribution in [0.4, 0.5) is 4.39 Å². The third-order valence-electron chi connectivity index (χ3n) is 2.94. The lowest BCUT2D eigenvalue weighted by Gasteiger charge is -2.01. The van der Waals surface area contributed by atoms with Gasteiger partial charge in [0.05, 0.1) is 7.11 Å². The van der Waals surface area contributed by atoms with Crippen LogP contribution in [-0.2, 0) is 0 Å². The zero-order valence-electron chi connectivity index (χ0n) is 10.1. The number of hydrogen-bond acceptors (Lipinski definition) is 3. The highest BCUT2D eigenvalue weighted by Crippen LogP contribution is 2.30. The quantitative estimate of drug-likeness (QED) is 0.742. The van der Waals surface area contributed by atoms with E-state index < -0.39 is 0 Å². The molecule has 0 spiro atoms. The van der Waals surface area contributed by atoms with Gasteiger partial charge in [0.15, 0.2) is 0 Å². The molecule has 0 bridgehead atoms. The van der Waals surface area contributed by atoms with Crippen LogP contribution in [0.3, 0.4) is 0 Å². The van der Waals surface area contributed by atoms with Crippen LogP contribution >= 0.6 is 11.3 Å². The molecule has 0 saturated carbocycles. The molecule has 0 atom stereocenters. The topological polar surface area (TPSA) is 42.1 Å². The Labute approximate surface area is 112 Å². The van der Waals surface area contributed by atoms with Gasteiger partial charge in [0, 0.05) is 22.7 Å². The van der Waals surface area contributed by atoms with E-state index in [9.17, 15) is 9.18 Å². The molecule has 0 fully saturated rings. The number of nitrogens with one attached hydrogen (secondary N) is 1. The van der Waals surface area contributed by atoms with Gasteiger partial charge >= 0.3 is 0 Å². The summed E-state index contributed by atoms with van der Waals surface area (Å²) in [6, 6.07) is 6.08. The third-order valence-corrected chi connectivity index (χ3v) is 3.84. The molecule has 3 aromatic rings. The number of aromatic amines is 1. The van der Waals surface area contributed by atoms with Gasteiger partial charge in [-0.1, -0.05) is 0 Å². The number of ketones is 1. The van der Waals surface area contributed by atoms with Crippen molar-refractivity contribution in [3.8, 4) is 5.75 Å². The Bertz CT molecular complexity index is 760. The van der Waals surface area contributed by atoms with Crippen LogP contribution in [0.25, 0.3) is 10.9 Å². The molecule has 1 aromatic carbocycles. The smallest absolute Gasteiger partial charge is 0.208 e. The molecule has 0 aliphatic rings. The van der Waals surface area contributed by atoms with E-state index in [0.29, 0.717) is 21.6 Å². The minimum atomic E-state index is -0.362. The SMILES string of the molecule is COc1ccsc1C(=O)c1c[nH]c2ccc(F)cc12. The lowest BCUT2D eigenvalue weighted by molar-refractivity contribution is 0.104. The molecule has 2 heterocycles. The van der Waals surface area contributed by atoms with Gasteiger partial charge in [-0.15, -0.1) is 11.3 Å². The van der Waals surface area contributed by atoms with Gasteiger partial charge in [0.1, 0.15) is 16.4 Å². The van der Waals surface area contributed by atoms with E-state index in [1.807, 2.05) is 0 Å². The zero-order valence-corrected chi connectivity index (χ0v) is 10.9. The van der Waals surface area contributed by atoms with Crippen LogP contribution in [0.1, 0.15) is 15.2 Å². The molecule has 3 nitrogen and oxygen atoms in total. The van der Waals surface area contributed by atoms with Crippen LogP contribution in [0.15, 0.2) is 35.8 Å². The molecular formula is C14H10FNO2S. The van der Waals surface area contributed by atoms with Gasteiger partial charge in [0.2, 0.25) is 5.78 Å². The number of rotatable bonds is 3. The second kappa shape index (κ2) is 4.51. The van der Waals surface area contributed by atoms with E-state index in [-0.39, 0.29) is 11.6 Å². The summed E-state index contributed by atoms with van der Waals surface area (Å²) in [6.45, 7) is 0. The summed E-state index contributed by atoms with van der Waals surface area (Å²) in [6.07, 6.45) is 1.60. The molecule has 0 saturated heterocycles. The fourth-order valence-corrected chi connectivity index (χ4v) is 2.84. The van der Waals surface area contributed by atoms with E-state index >= 15 is 0 Å². The number of halogens is 1. The van der Waals surface area contributed by atoms with Crippen molar-refractivity contribution in [2.24, 2.45) is 0 Å². The molecule has 5 heteroatoms. The first kappa shape index (κ1) is 11.9. The van der Waals surface area contributed by atoms with Gasteiger partial charge in [-0.05, 0) is 29.6 Å². The number of ether oxygens (including phenoxy) is 1. The first-order chi connectivity index (χ1) is 9.20. The van der Waals surface area contributed by atoms with E-state index in [4.69, 9.17) is 4.74 Å². The van der Waals surface area contributed by atoms with Crippen LogP contribution < -0.4 is 4.74 Å². The number of aromatic nitrogens is 1. The highest BCUT2D eigenvalue weighted by molar-refractivity contribution is 7.12. The lowest BCUT2D eigenvalue weighted by atomic mass is 10.1. The maximum absolute atomic E-state index is 13.3. The van der Waals surface area contributed by atoms with Crippen LogP contribution in [-0.4, -0.2) is 17.9 Å². The molecule has 19 heavy (non-hydrogen) atoms. The number of hydrogen-bond donors (Lipinski definition) is 1. The van der Waals surface area contributed by atoms with E-state index in [1.165, 1.54) is 30.6 Å². The maximum Gasteiger partial charge on any atom is 0.208 e. The van der Waals surface area contributed by atoms with Gasteiger partial charge < -0.3 is 9.72 Å². The summed E-state index contributed by atoms with van der Waals surface area (Å²) in [5, 5.41) is 2.38. The normalized spacial score (nSPS) is 10.8. The number of benzene rings is 1. The maximum atomic E-state index is 13.3. The summed E-state index contributed by atoms with van der Waals surface area (Å²) in [5.74, 6) is 0.0174. The summed E-state index contributed by atoms with van der Waals surface area (Å²) in [4.78, 5) is 16.0. The number of H-pyrrole nitrogens is 1. The number of methoxy groups -OCH3 is 1. The summed E-state index contributed by atoms with van der Waals surface area (Å²) in [7, 11) is 1.52.